The molecule has 82 valence electrons. The van der Waals surface area contributed by atoms with Gasteiger partial charge in [0.15, 0.2) is 0 Å². The van der Waals surface area contributed by atoms with Crippen LogP contribution in [0.2, 0.25) is 0 Å². The SMILES string of the molecule is CC(Cc1cc(C2CC2)n(C)n1)C(=O)O. The highest BCUT2D eigenvalue weighted by atomic mass is 16.4. The van der Waals surface area contributed by atoms with Crippen LogP contribution in [0.1, 0.15) is 37.1 Å². The van der Waals surface area contributed by atoms with E-state index in [1.165, 1.54) is 18.5 Å². The molecule has 0 radical (unpaired) electrons. The number of nitrogens with zero attached hydrogens (tertiary/aromatic N) is 2. The molecule has 1 aromatic rings. The average molecular weight is 208 g/mol. The van der Waals surface area contributed by atoms with Crippen LogP contribution in [-0.2, 0) is 18.3 Å². The van der Waals surface area contributed by atoms with Crippen LogP contribution in [0.4, 0.5) is 0 Å². The van der Waals surface area contributed by atoms with Crippen molar-refractivity contribution < 1.29 is 9.90 Å². The number of aliphatic carboxylic acids is 1. The molecule has 15 heavy (non-hydrogen) atoms. The van der Waals surface area contributed by atoms with Gasteiger partial charge in [0.05, 0.1) is 11.6 Å². The lowest BCUT2D eigenvalue weighted by Gasteiger charge is -2.01. The second-order valence-electron chi connectivity index (χ2n) is 4.40. The van der Waals surface area contributed by atoms with Gasteiger partial charge in [-0.3, -0.25) is 9.48 Å². The van der Waals surface area contributed by atoms with Gasteiger partial charge >= 0.3 is 5.97 Å². The fourth-order valence-corrected chi connectivity index (χ4v) is 1.81. The third kappa shape index (κ3) is 2.19. The van der Waals surface area contributed by atoms with Crippen LogP contribution in [-0.4, -0.2) is 20.9 Å². The number of hydrogen-bond acceptors (Lipinski definition) is 2. The third-order valence-corrected chi connectivity index (χ3v) is 2.90. The number of rotatable bonds is 4. The van der Waals surface area contributed by atoms with E-state index in [1.54, 1.807) is 6.92 Å². The number of carboxylic acids is 1. The molecule has 0 aromatic carbocycles. The Labute approximate surface area is 88.9 Å². The second-order valence-corrected chi connectivity index (χ2v) is 4.40. The van der Waals surface area contributed by atoms with Crippen LogP contribution in [0.15, 0.2) is 6.07 Å². The molecule has 0 amide bonds. The standard InChI is InChI=1S/C11H16N2O2/c1-7(11(14)15)5-9-6-10(8-3-4-8)13(2)12-9/h6-8H,3-5H2,1-2H3,(H,14,15). The Balaban J connectivity index is 2.08. The maximum Gasteiger partial charge on any atom is 0.306 e. The Morgan fingerprint density at radius 1 is 1.73 bits per heavy atom. The molecule has 1 atom stereocenters. The number of carboxylic acid groups (broad SMARTS) is 1. The molecule has 1 unspecified atom stereocenters. The molecule has 1 N–H and O–H groups in total. The summed E-state index contributed by atoms with van der Waals surface area (Å²) in [5.74, 6) is -0.447. The van der Waals surface area contributed by atoms with Gasteiger partial charge in [-0.2, -0.15) is 5.10 Å². The fraction of sp³-hybridized carbons (Fsp3) is 0.636. The Hall–Kier alpha value is -1.32. The van der Waals surface area contributed by atoms with Crippen molar-refractivity contribution >= 4 is 5.97 Å². The molecule has 1 saturated carbocycles. The molecule has 1 aromatic heterocycles. The molecule has 1 aliphatic rings. The zero-order valence-electron chi connectivity index (χ0n) is 9.10. The van der Waals surface area contributed by atoms with Gasteiger partial charge in [-0.05, 0) is 18.9 Å². The molecule has 1 fully saturated rings. The first-order valence-electron chi connectivity index (χ1n) is 5.33. The van der Waals surface area contributed by atoms with Crippen molar-refractivity contribution in [3.63, 3.8) is 0 Å². The zero-order valence-corrected chi connectivity index (χ0v) is 9.10. The van der Waals surface area contributed by atoms with Crippen molar-refractivity contribution in [2.75, 3.05) is 0 Å². The Kier molecular flexibility index (Phi) is 2.50. The van der Waals surface area contributed by atoms with E-state index in [1.807, 2.05) is 11.7 Å². The van der Waals surface area contributed by atoms with Crippen LogP contribution >= 0.6 is 0 Å². The summed E-state index contributed by atoms with van der Waals surface area (Å²) in [6.45, 7) is 1.72. The molecule has 0 saturated heterocycles. The largest absolute Gasteiger partial charge is 0.481 e. The Morgan fingerprint density at radius 3 is 2.93 bits per heavy atom. The first-order chi connectivity index (χ1) is 7.08. The molecule has 2 rings (SSSR count). The second kappa shape index (κ2) is 3.68. The molecule has 4 nitrogen and oxygen atoms in total. The summed E-state index contributed by atoms with van der Waals surface area (Å²) >= 11 is 0. The van der Waals surface area contributed by atoms with Gasteiger partial charge in [-0.25, -0.2) is 0 Å². The molecule has 1 heterocycles. The maximum absolute atomic E-state index is 10.7. The maximum atomic E-state index is 10.7. The van der Waals surface area contributed by atoms with E-state index in [4.69, 9.17) is 5.11 Å². The fourth-order valence-electron chi connectivity index (χ4n) is 1.81. The molecule has 0 aliphatic heterocycles. The van der Waals surface area contributed by atoms with E-state index < -0.39 is 5.97 Å². The lowest BCUT2D eigenvalue weighted by molar-refractivity contribution is -0.141. The molecular formula is C11H16N2O2. The summed E-state index contributed by atoms with van der Waals surface area (Å²) < 4.78 is 1.89. The first-order valence-corrected chi connectivity index (χ1v) is 5.33. The highest BCUT2D eigenvalue weighted by molar-refractivity contribution is 5.69. The van der Waals surface area contributed by atoms with E-state index in [2.05, 4.69) is 11.2 Å². The molecule has 1 aliphatic carbocycles. The summed E-state index contributed by atoms with van der Waals surface area (Å²) in [7, 11) is 1.93. The van der Waals surface area contributed by atoms with Crippen LogP contribution in [0.25, 0.3) is 0 Å². The summed E-state index contributed by atoms with van der Waals surface area (Å²) in [6, 6.07) is 2.05. The van der Waals surface area contributed by atoms with E-state index in [-0.39, 0.29) is 5.92 Å². The molecule has 0 bridgehead atoms. The van der Waals surface area contributed by atoms with Crippen LogP contribution in [0, 0.1) is 5.92 Å². The average Bonchev–Trinajstić information content (AvgIpc) is 2.92. The first kappa shape index (κ1) is 10.2. The normalized spacial score (nSPS) is 17.7. The summed E-state index contributed by atoms with van der Waals surface area (Å²) in [5.41, 5.74) is 2.15. The highest BCUT2D eigenvalue weighted by Gasteiger charge is 2.27. The number of hydrogen-bond donors (Lipinski definition) is 1. The monoisotopic (exact) mass is 208 g/mol. The molecule has 0 spiro atoms. The number of carbonyl (C=O) groups is 1. The quantitative estimate of drug-likeness (QED) is 0.817. The lowest BCUT2D eigenvalue weighted by Crippen LogP contribution is -2.12. The minimum absolute atomic E-state index is 0.355. The van der Waals surface area contributed by atoms with Crippen molar-refractivity contribution in [2.45, 2.75) is 32.1 Å². The van der Waals surface area contributed by atoms with Gasteiger partial charge in [0.1, 0.15) is 0 Å². The minimum Gasteiger partial charge on any atom is -0.481 e. The zero-order chi connectivity index (χ0) is 11.0. The number of aryl methyl sites for hydroxylation is 1. The van der Waals surface area contributed by atoms with Gasteiger partial charge in [-0.1, -0.05) is 6.92 Å². The van der Waals surface area contributed by atoms with Crippen molar-refractivity contribution in [2.24, 2.45) is 13.0 Å². The van der Waals surface area contributed by atoms with Crippen molar-refractivity contribution in [3.05, 3.63) is 17.5 Å². The van der Waals surface area contributed by atoms with Crippen molar-refractivity contribution in [3.8, 4) is 0 Å². The van der Waals surface area contributed by atoms with Gasteiger partial charge < -0.3 is 5.11 Å². The van der Waals surface area contributed by atoms with Gasteiger partial charge in [-0.15, -0.1) is 0 Å². The van der Waals surface area contributed by atoms with Gasteiger partial charge in [0, 0.05) is 25.1 Å². The minimum atomic E-state index is -0.756. The van der Waals surface area contributed by atoms with Crippen LogP contribution in [0.3, 0.4) is 0 Å². The third-order valence-electron chi connectivity index (χ3n) is 2.90. The smallest absolute Gasteiger partial charge is 0.306 e. The van der Waals surface area contributed by atoms with Crippen LogP contribution < -0.4 is 0 Å². The predicted octanol–water partition coefficient (Wildman–Crippen LogP) is 1.56. The van der Waals surface area contributed by atoms with Gasteiger partial charge in [0.25, 0.3) is 0 Å². The molecule has 4 heteroatoms. The van der Waals surface area contributed by atoms with Crippen molar-refractivity contribution in [1.82, 2.24) is 9.78 Å². The Bertz CT molecular complexity index is 380. The van der Waals surface area contributed by atoms with E-state index in [9.17, 15) is 4.79 Å². The topological polar surface area (TPSA) is 55.1 Å². The van der Waals surface area contributed by atoms with E-state index in [0.29, 0.717) is 12.3 Å². The van der Waals surface area contributed by atoms with Crippen molar-refractivity contribution in [1.29, 1.82) is 0 Å². The Morgan fingerprint density at radius 2 is 2.40 bits per heavy atom. The summed E-state index contributed by atoms with van der Waals surface area (Å²) in [6.07, 6.45) is 3.01. The van der Waals surface area contributed by atoms with E-state index >= 15 is 0 Å². The summed E-state index contributed by atoms with van der Waals surface area (Å²) in [4.78, 5) is 10.7. The highest BCUT2D eigenvalue weighted by Crippen LogP contribution is 2.40. The van der Waals surface area contributed by atoms with Gasteiger partial charge in [0.2, 0.25) is 0 Å². The lowest BCUT2D eigenvalue weighted by atomic mass is 10.1. The molecular weight excluding hydrogens is 192 g/mol. The predicted molar refractivity (Wildman–Crippen MR) is 55.7 cm³/mol. The number of aromatic nitrogens is 2. The summed E-state index contributed by atoms with van der Waals surface area (Å²) in [5, 5.41) is 13.2. The van der Waals surface area contributed by atoms with Crippen LogP contribution in [0.5, 0.6) is 0 Å². The van der Waals surface area contributed by atoms with E-state index in [0.717, 1.165) is 5.69 Å².